The van der Waals surface area contributed by atoms with Crippen molar-refractivity contribution in [2.45, 2.75) is 45.2 Å². The average molecular weight is 180 g/mol. The summed E-state index contributed by atoms with van der Waals surface area (Å²) in [5, 5.41) is 8.31. The van der Waals surface area contributed by atoms with E-state index in [1.54, 1.807) is 0 Å². The Morgan fingerprint density at radius 1 is 1.46 bits per heavy atom. The lowest BCUT2D eigenvalue weighted by Crippen LogP contribution is -2.12. The van der Waals surface area contributed by atoms with Crippen molar-refractivity contribution >= 4 is 0 Å². The van der Waals surface area contributed by atoms with Gasteiger partial charge in [0.2, 0.25) is 0 Å². The zero-order valence-corrected chi connectivity index (χ0v) is 8.20. The molecule has 2 rings (SSSR count). The van der Waals surface area contributed by atoms with Crippen LogP contribution in [0.4, 0.5) is 0 Å². The predicted octanol–water partition coefficient (Wildman–Crippen LogP) is 1.20. The fourth-order valence-corrected chi connectivity index (χ4v) is 1.66. The highest BCUT2D eigenvalue weighted by molar-refractivity contribution is 5.09. The van der Waals surface area contributed by atoms with E-state index in [2.05, 4.69) is 28.6 Å². The van der Waals surface area contributed by atoms with Gasteiger partial charge in [-0.1, -0.05) is 0 Å². The summed E-state index contributed by atoms with van der Waals surface area (Å²) in [6, 6.07) is 0.421. The van der Waals surface area contributed by atoms with E-state index in [1.807, 2.05) is 0 Å². The van der Waals surface area contributed by atoms with E-state index in [0.717, 1.165) is 11.6 Å². The maximum atomic E-state index is 5.60. The molecular formula is C9H16N4. The molecule has 0 aromatic carbocycles. The third kappa shape index (κ3) is 1.46. The smallest absolute Gasteiger partial charge is 0.147 e. The molecule has 4 heteroatoms. The molecule has 0 atom stereocenters. The van der Waals surface area contributed by atoms with Crippen molar-refractivity contribution in [3.8, 4) is 0 Å². The number of nitrogens with two attached hydrogens (primary N) is 1. The summed E-state index contributed by atoms with van der Waals surface area (Å²) in [5.41, 5.74) is 5.60. The van der Waals surface area contributed by atoms with Crippen LogP contribution in [0.2, 0.25) is 0 Å². The van der Waals surface area contributed by atoms with Crippen LogP contribution in [0, 0.1) is 0 Å². The second-order valence-electron chi connectivity index (χ2n) is 3.92. The van der Waals surface area contributed by atoms with E-state index in [-0.39, 0.29) is 0 Å². The summed E-state index contributed by atoms with van der Waals surface area (Å²) in [6.07, 6.45) is 2.52. The largest absolute Gasteiger partial charge is 0.324 e. The van der Waals surface area contributed by atoms with E-state index in [9.17, 15) is 0 Å². The minimum atomic E-state index is 0.421. The molecular weight excluding hydrogens is 164 g/mol. The summed E-state index contributed by atoms with van der Waals surface area (Å²) in [4.78, 5) is 0. The van der Waals surface area contributed by atoms with Gasteiger partial charge in [0.15, 0.2) is 0 Å². The average Bonchev–Trinajstić information content (AvgIpc) is 2.84. The quantitative estimate of drug-likeness (QED) is 0.760. The van der Waals surface area contributed by atoms with Crippen LogP contribution in [0.5, 0.6) is 0 Å². The van der Waals surface area contributed by atoms with Crippen molar-refractivity contribution in [1.82, 2.24) is 14.8 Å². The lowest BCUT2D eigenvalue weighted by Gasteiger charge is -2.12. The van der Waals surface area contributed by atoms with Gasteiger partial charge in [0.05, 0.1) is 6.54 Å². The van der Waals surface area contributed by atoms with E-state index in [1.165, 1.54) is 12.8 Å². The Kier molecular flexibility index (Phi) is 2.07. The van der Waals surface area contributed by atoms with Gasteiger partial charge in [-0.3, -0.25) is 0 Å². The van der Waals surface area contributed by atoms with Gasteiger partial charge in [0, 0.05) is 12.0 Å². The molecule has 1 aromatic heterocycles. The first-order valence-corrected chi connectivity index (χ1v) is 4.87. The van der Waals surface area contributed by atoms with Gasteiger partial charge in [0.1, 0.15) is 11.6 Å². The molecule has 0 amide bonds. The van der Waals surface area contributed by atoms with Crippen molar-refractivity contribution in [1.29, 1.82) is 0 Å². The molecule has 13 heavy (non-hydrogen) atoms. The Labute approximate surface area is 78.1 Å². The third-order valence-electron chi connectivity index (χ3n) is 2.43. The van der Waals surface area contributed by atoms with E-state index >= 15 is 0 Å². The summed E-state index contributed by atoms with van der Waals surface area (Å²) < 4.78 is 2.18. The molecule has 0 unspecified atom stereocenters. The molecule has 1 aliphatic carbocycles. The first-order chi connectivity index (χ1) is 6.24. The fourth-order valence-electron chi connectivity index (χ4n) is 1.66. The highest BCUT2D eigenvalue weighted by atomic mass is 15.3. The summed E-state index contributed by atoms with van der Waals surface area (Å²) in [5.74, 6) is 2.70. The zero-order valence-electron chi connectivity index (χ0n) is 8.20. The topological polar surface area (TPSA) is 56.7 Å². The molecule has 0 radical (unpaired) electrons. The van der Waals surface area contributed by atoms with Crippen LogP contribution < -0.4 is 5.73 Å². The van der Waals surface area contributed by atoms with E-state index in [4.69, 9.17) is 5.73 Å². The van der Waals surface area contributed by atoms with Crippen molar-refractivity contribution < 1.29 is 0 Å². The van der Waals surface area contributed by atoms with Gasteiger partial charge in [-0.05, 0) is 26.7 Å². The molecule has 0 spiro atoms. The number of rotatable bonds is 3. The molecule has 72 valence electrons. The SMILES string of the molecule is CC(C)n1c(CN)nnc1C1CC1. The lowest BCUT2D eigenvalue weighted by atomic mass is 10.3. The van der Waals surface area contributed by atoms with Gasteiger partial charge < -0.3 is 10.3 Å². The first-order valence-electron chi connectivity index (χ1n) is 4.87. The molecule has 0 saturated heterocycles. The molecule has 0 aliphatic heterocycles. The standard InChI is InChI=1S/C9H16N4/c1-6(2)13-8(5-10)11-12-9(13)7-3-4-7/h6-7H,3-5,10H2,1-2H3. The maximum Gasteiger partial charge on any atom is 0.147 e. The molecule has 1 fully saturated rings. The summed E-state index contributed by atoms with van der Waals surface area (Å²) >= 11 is 0. The van der Waals surface area contributed by atoms with Gasteiger partial charge in [-0.25, -0.2) is 0 Å². The molecule has 0 bridgehead atoms. The van der Waals surface area contributed by atoms with Crippen molar-refractivity contribution in [3.63, 3.8) is 0 Å². The fraction of sp³-hybridized carbons (Fsp3) is 0.778. The second-order valence-corrected chi connectivity index (χ2v) is 3.92. The monoisotopic (exact) mass is 180 g/mol. The van der Waals surface area contributed by atoms with Crippen molar-refractivity contribution in [2.24, 2.45) is 5.73 Å². The normalized spacial score (nSPS) is 16.9. The number of hydrogen-bond acceptors (Lipinski definition) is 3. The molecule has 1 aliphatic rings. The predicted molar refractivity (Wildman–Crippen MR) is 50.3 cm³/mol. The Hall–Kier alpha value is -0.900. The Morgan fingerprint density at radius 3 is 2.62 bits per heavy atom. The van der Waals surface area contributed by atoms with Crippen LogP contribution in [-0.4, -0.2) is 14.8 Å². The lowest BCUT2D eigenvalue weighted by molar-refractivity contribution is 0.544. The second kappa shape index (κ2) is 3.10. The van der Waals surface area contributed by atoms with Gasteiger partial charge in [-0.15, -0.1) is 10.2 Å². The van der Waals surface area contributed by atoms with E-state index < -0.39 is 0 Å². The minimum Gasteiger partial charge on any atom is -0.324 e. The van der Waals surface area contributed by atoms with Crippen LogP contribution in [0.15, 0.2) is 0 Å². The van der Waals surface area contributed by atoms with Gasteiger partial charge >= 0.3 is 0 Å². The van der Waals surface area contributed by atoms with Crippen LogP contribution in [0.3, 0.4) is 0 Å². The Morgan fingerprint density at radius 2 is 2.15 bits per heavy atom. The summed E-state index contributed by atoms with van der Waals surface area (Å²) in [6.45, 7) is 4.78. The molecule has 1 saturated carbocycles. The minimum absolute atomic E-state index is 0.421. The molecule has 1 aromatic rings. The maximum absolute atomic E-state index is 5.60. The Bertz CT molecular complexity index is 299. The highest BCUT2D eigenvalue weighted by Gasteiger charge is 2.30. The van der Waals surface area contributed by atoms with Crippen molar-refractivity contribution in [2.75, 3.05) is 0 Å². The van der Waals surface area contributed by atoms with Crippen molar-refractivity contribution in [3.05, 3.63) is 11.6 Å². The van der Waals surface area contributed by atoms with Gasteiger partial charge in [0.25, 0.3) is 0 Å². The number of hydrogen-bond donors (Lipinski definition) is 1. The van der Waals surface area contributed by atoms with E-state index in [0.29, 0.717) is 18.5 Å². The third-order valence-corrected chi connectivity index (χ3v) is 2.43. The highest BCUT2D eigenvalue weighted by Crippen LogP contribution is 2.39. The van der Waals surface area contributed by atoms with Gasteiger partial charge in [-0.2, -0.15) is 0 Å². The van der Waals surface area contributed by atoms with Crippen LogP contribution in [0.25, 0.3) is 0 Å². The number of aromatic nitrogens is 3. The molecule has 2 N–H and O–H groups in total. The van der Waals surface area contributed by atoms with Crippen LogP contribution in [-0.2, 0) is 6.54 Å². The van der Waals surface area contributed by atoms with Crippen LogP contribution in [0.1, 0.15) is 50.3 Å². The Balaban J connectivity index is 2.38. The first kappa shape index (κ1) is 8.69. The van der Waals surface area contributed by atoms with Crippen LogP contribution >= 0.6 is 0 Å². The molecule has 1 heterocycles. The molecule has 4 nitrogen and oxygen atoms in total. The number of nitrogens with zero attached hydrogens (tertiary/aromatic N) is 3. The zero-order chi connectivity index (χ0) is 9.42. The summed E-state index contributed by atoms with van der Waals surface area (Å²) in [7, 11) is 0.